The molecule has 4 nitrogen and oxygen atoms in total. The normalized spacial score (nSPS) is 11.7. The first kappa shape index (κ1) is 26.5. The highest BCUT2D eigenvalue weighted by atomic mass is 16.5. The largest absolute Gasteiger partial charge is 0.508 e. The van der Waals surface area contributed by atoms with Crippen molar-refractivity contribution in [2.75, 3.05) is 6.61 Å². The monoisotopic (exact) mass is 452 g/mol. The molecule has 0 saturated heterocycles. The average molecular weight is 453 g/mol. The number of benzene rings is 2. The van der Waals surface area contributed by atoms with Crippen molar-refractivity contribution in [3.05, 3.63) is 71.8 Å². The maximum atomic E-state index is 12.4. The smallest absolute Gasteiger partial charge is 0.305 e. The second-order valence-electron chi connectivity index (χ2n) is 8.96. The summed E-state index contributed by atoms with van der Waals surface area (Å²) in [6.07, 6.45) is 14.6. The van der Waals surface area contributed by atoms with Crippen LogP contribution in [-0.4, -0.2) is 22.8 Å². The van der Waals surface area contributed by atoms with Crippen LogP contribution in [-0.2, 0) is 14.9 Å². The van der Waals surface area contributed by atoms with Gasteiger partial charge >= 0.3 is 5.97 Å². The van der Waals surface area contributed by atoms with Gasteiger partial charge in [0.25, 0.3) is 0 Å². The summed E-state index contributed by atoms with van der Waals surface area (Å²) >= 11 is 0. The molecule has 0 bridgehead atoms. The van der Waals surface area contributed by atoms with Crippen LogP contribution in [0.5, 0.6) is 11.5 Å². The van der Waals surface area contributed by atoms with E-state index in [9.17, 15) is 15.0 Å². The Morgan fingerprint density at radius 1 is 0.818 bits per heavy atom. The third-order valence-corrected chi connectivity index (χ3v) is 6.26. The number of allylic oxidation sites excluding steroid dienone is 2. The van der Waals surface area contributed by atoms with Gasteiger partial charge in [0.1, 0.15) is 11.5 Å². The van der Waals surface area contributed by atoms with Crippen molar-refractivity contribution in [1.82, 2.24) is 0 Å². The number of hydrogen-bond acceptors (Lipinski definition) is 4. The number of ether oxygens (including phenoxy) is 1. The first-order valence-electron chi connectivity index (χ1n) is 12.4. The molecule has 0 aliphatic rings. The van der Waals surface area contributed by atoms with E-state index in [0.717, 1.165) is 36.8 Å². The Labute approximate surface area is 199 Å². The summed E-state index contributed by atoms with van der Waals surface area (Å²) in [6.45, 7) is 4.76. The van der Waals surface area contributed by atoms with Gasteiger partial charge in [-0.2, -0.15) is 0 Å². The quantitative estimate of drug-likeness (QED) is 0.168. The lowest BCUT2D eigenvalue weighted by atomic mass is 9.73. The molecule has 2 aromatic carbocycles. The van der Waals surface area contributed by atoms with Gasteiger partial charge in [-0.05, 0) is 67.5 Å². The number of carbonyl (C=O) groups is 1. The highest BCUT2D eigenvalue weighted by Crippen LogP contribution is 2.37. The van der Waals surface area contributed by atoms with Crippen LogP contribution in [0.15, 0.2) is 60.7 Å². The van der Waals surface area contributed by atoms with Gasteiger partial charge in [-0.1, -0.05) is 75.9 Å². The zero-order valence-electron chi connectivity index (χ0n) is 20.3. The summed E-state index contributed by atoms with van der Waals surface area (Å²) in [4.78, 5) is 12.4. The van der Waals surface area contributed by atoms with E-state index in [1.54, 1.807) is 24.3 Å². The van der Waals surface area contributed by atoms with Crippen LogP contribution >= 0.6 is 0 Å². The van der Waals surface area contributed by atoms with E-state index in [-0.39, 0.29) is 17.5 Å². The third-order valence-electron chi connectivity index (χ3n) is 6.26. The van der Waals surface area contributed by atoms with Crippen LogP contribution in [0.3, 0.4) is 0 Å². The van der Waals surface area contributed by atoms with E-state index in [1.807, 2.05) is 24.3 Å². The highest BCUT2D eigenvalue weighted by molar-refractivity contribution is 5.69. The van der Waals surface area contributed by atoms with Crippen molar-refractivity contribution < 1.29 is 19.7 Å². The predicted octanol–water partition coefficient (Wildman–Crippen LogP) is 7.42. The molecule has 0 fully saturated rings. The van der Waals surface area contributed by atoms with Crippen LogP contribution in [0, 0.1) is 0 Å². The van der Waals surface area contributed by atoms with E-state index in [0.29, 0.717) is 19.4 Å². The van der Waals surface area contributed by atoms with Crippen LogP contribution in [0.4, 0.5) is 0 Å². The van der Waals surface area contributed by atoms with Gasteiger partial charge in [0.15, 0.2) is 0 Å². The van der Waals surface area contributed by atoms with E-state index >= 15 is 0 Å². The van der Waals surface area contributed by atoms with Gasteiger partial charge in [0, 0.05) is 11.8 Å². The molecular weight excluding hydrogens is 412 g/mol. The lowest BCUT2D eigenvalue weighted by molar-refractivity contribution is -0.144. The molecule has 180 valence electrons. The van der Waals surface area contributed by atoms with Crippen LogP contribution in [0.2, 0.25) is 0 Å². The Morgan fingerprint density at radius 3 is 1.88 bits per heavy atom. The van der Waals surface area contributed by atoms with Crippen LogP contribution in [0.1, 0.15) is 89.2 Å². The van der Waals surface area contributed by atoms with Gasteiger partial charge in [0.2, 0.25) is 0 Å². The van der Waals surface area contributed by atoms with Gasteiger partial charge in [0.05, 0.1) is 6.61 Å². The zero-order valence-corrected chi connectivity index (χ0v) is 20.3. The molecule has 0 spiro atoms. The maximum Gasteiger partial charge on any atom is 0.305 e. The molecule has 0 radical (unpaired) electrons. The lowest BCUT2D eigenvalue weighted by Crippen LogP contribution is -2.25. The first-order chi connectivity index (χ1) is 16.0. The fraction of sp³-hybridized carbons (Fsp3) is 0.483. The maximum absolute atomic E-state index is 12.4. The molecule has 0 amide bonds. The number of aromatic hydroxyl groups is 2. The minimum absolute atomic E-state index is 0.183. The Morgan fingerprint density at radius 2 is 1.33 bits per heavy atom. The van der Waals surface area contributed by atoms with Crippen LogP contribution < -0.4 is 0 Å². The molecule has 2 rings (SSSR count). The number of unbranched alkanes of at least 4 members (excludes halogenated alkanes) is 6. The van der Waals surface area contributed by atoms with Crippen LogP contribution in [0.25, 0.3) is 0 Å². The molecule has 0 atom stereocenters. The topological polar surface area (TPSA) is 66.8 Å². The fourth-order valence-corrected chi connectivity index (χ4v) is 4.00. The molecule has 0 aliphatic carbocycles. The summed E-state index contributed by atoms with van der Waals surface area (Å²) in [5.41, 5.74) is 1.57. The van der Waals surface area contributed by atoms with E-state index in [1.165, 1.54) is 25.7 Å². The SMILES string of the molecule is CCCC/C=C/CCCCCCOC(=O)CCC(C)(c1ccc(O)cc1)c1ccc(O)cc1. The van der Waals surface area contributed by atoms with Gasteiger partial charge in [-0.15, -0.1) is 0 Å². The molecule has 0 saturated carbocycles. The van der Waals surface area contributed by atoms with Crippen molar-refractivity contribution >= 4 is 5.97 Å². The molecule has 33 heavy (non-hydrogen) atoms. The number of phenols is 2. The Kier molecular flexibility index (Phi) is 11.6. The van der Waals surface area contributed by atoms with Crippen molar-refractivity contribution in [2.24, 2.45) is 0 Å². The van der Waals surface area contributed by atoms with Crippen molar-refractivity contribution in [3.8, 4) is 11.5 Å². The summed E-state index contributed by atoms with van der Waals surface area (Å²) in [7, 11) is 0. The highest BCUT2D eigenvalue weighted by Gasteiger charge is 2.30. The van der Waals surface area contributed by atoms with Gasteiger partial charge in [-0.3, -0.25) is 4.79 Å². The molecule has 0 aliphatic heterocycles. The molecule has 2 aromatic rings. The van der Waals surface area contributed by atoms with Gasteiger partial charge in [-0.25, -0.2) is 0 Å². The van der Waals surface area contributed by atoms with Gasteiger partial charge < -0.3 is 14.9 Å². The summed E-state index contributed by atoms with van der Waals surface area (Å²) in [5, 5.41) is 19.3. The lowest BCUT2D eigenvalue weighted by Gasteiger charge is -2.31. The van der Waals surface area contributed by atoms with E-state index < -0.39 is 5.41 Å². The van der Waals surface area contributed by atoms with E-state index in [4.69, 9.17) is 4.74 Å². The summed E-state index contributed by atoms with van der Waals surface area (Å²) < 4.78 is 5.49. The molecular formula is C29H40O4. The van der Waals surface area contributed by atoms with Crippen molar-refractivity contribution in [3.63, 3.8) is 0 Å². The molecule has 0 unspecified atom stereocenters. The standard InChI is InChI=1S/C29H40O4/c1-3-4-5-6-7-8-9-10-11-12-23-33-28(32)21-22-29(2,24-13-17-26(30)18-14-24)25-15-19-27(31)20-16-25/h6-7,13-20,30-31H,3-5,8-12,21-23H2,1-2H3/b7-6+. The Balaban J connectivity index is 1.77. The van der Waals surface area contributed by atoms with Crippen molar-refractivity contribution in [1.29, 1.82) is 0 Å². The zero-order chi connectivity index (χ0) is 23.9. The Bertz CT molecular complexity index is 791. The average Bonchev–Trinajstić information content (AvgIpc) is 2.82. The second-order valence-corrected chi connectivity index (χ2v) is 8.96. The molecule has 4 heteroatoms. The Hall–Kier alpha value is -2.75. The first-order valence-corrected chi connectivity index (χ1v) is 12.4. The number of esters is 1. The third kappa shape index (κ3) is 9.33. The summed E-state index contributed by atoms with van der Waals surface area (Å²) in [6, 6.07) is 14.2. The summed E-state index contributed by atoms with van der Waals surface area (Å²) in [5.74, 6) is 0.232. The number of phenolic OH excluding ortho intramolecular Hbond substituents is 2. The fourth-order valence-electron chi connectivity index (χ4n) is 4.00. The predicted molar refractivity (Wildman–Crippen MR) is 135 cm³/mol. The number of carbonyl (C=O) groups excluding carboxylic acids is 1. The molecule has 0 heterocycles. The minimum Gasteiger partial charge on any atom is -0.508 e. The number of rotatable bonds is 15. The molecule has 2 N–H and O–H groups in total. The van der Waals surface area contributed by atoms with Crippen molar-refractivity contribution in [2.45, 2.75) is 83.5 Å². The minimum atomic E-state index is -0.439. The second kappa shape index (κ2) is 14.4. The number of hydrogen-bond donors (Lipinski definition) is 2. The van der Waals surface area contributed by atoms with E-state index in [2.05, 4.69) is 26.0 Å². The molecule has 0 aromatic heterocycles.